The Labute approximate surface area is 187 Å². The number of likely N-dealkylation sites (tertiary alicyclic amines) is 1. The molecular weight excluding hydrogens is 434 g/mol. The van der Waals surface area contributed by atoms with Gasteiger partial charge in [-0.25, -0.2) is 9.97 Å². The molecule has 4 heterocycles. The van der Waals surface area contributed by atoms with Gasteiger partial charge >= 0.3 is 0 Å². The van der Waals surface area contributed by atoms with Crippen molar-refractivity contribution >= 4 is 33.0 Å². The largest absolute Gasteiger partial charge is 0.387 e. The first-order chi connectivity index (χ1) is 15.4. The Hall–Kier alpha value is -2.28. The maximum atomic E-state index is 13.5. The van der Waals surface area contributed by atoms with E-state index in [1.54, 1.807) is 16.3 Å². The summed E-state index contributed by atoms with van der Waals surface area (Å²) in [5.74, 6) is 0.489. The number of H-pyrrole nitrogens is 1. The van der Waals surface area contributed by atoms with Gasteiger partial charge in [0.05, 0.1) is 10.9 Å². The normalized spacial score (nSPS) is 23.5. The summed E-state index contributed by atoms with van der Waals surface area (Å²) in [5, 5.41) is 10.1. The number of hydrogen-bond donors (Lipinski definition) is 2. The lowest BCUT2D eigenvalue weighted by Crippen LogP contribution is -2.60. The lowest BCUT2D eigenvalue weighted by Gasteiger charge is -2.43. The molecule has 0 aromatic carbocycles. The van der Waals surface area contributed by atoms with E-state index in [-0.39, 0.29) is 18.5 Å². The summed E-state index contributed by atoms with van der Waals surface area (Å²) in [6.07, 6.45) is 6.56. The molecule has 174 valence electrons. The van der Waals surface area contributed by atoms with Gasteiger partial charge < -0.3 is 19.9 Å². The molecule has 3 aliphatic rings. The van der Waals surface area contributed by atoms with Gasteiger partial charge in [0.15, 0.2) is 0 Å². The molecule has 12 heteroatoms. The molecule has 1 amide bonds. The Morgan fingerprint density at radius 2 is 2.12 bits per heavy atom. The number of nitrogens with zero attached hydrogens (tertiary/aromatic N) is 6. The maximum Gasteiger partial charge on any atom is 0.282 e. The smallest absolute Gasteiger partial charge is 0.282 e. The number of rotatable bonds is 6. The molecule has 1 saturated carbocycles. The molecule has 2 N–H and O–H groups in total. The number of aliphatic hydroxyl groups excluding tert-OH is 1. The summed E-state index contributed by atoms with van der Waals surface area (Å²) < 4.78 is 30.1. The van der Waals surface area contributed by atoms with Gasteiger partial charge in [-0.1, -0.05) is 0 Å². The van der Waals surface area contributed by atoms with Gasteiger partial charge in [-0.3, -0.25) is 4.79 Å². The molecule has 1 aliphatic carbocycles. The van der Waals surface area contributed by atoms with Crippen LogP contribution in [0.4, 0.5) is 5.82 Å². The van der Waals surface area contributed by atoms with E-state index >= 15 is 0 Å². The Balaban J connectivity index is 1.32. The van der Waals surface area contributed by atoms with Gasteiger partial charge in [-0.05, 0) is 31.7 Å². The van der Waals surface area contributed by atoms with Gasteiger partial charge in [0.2, 0.25) is 5.91 Å². The Morgan fingerprint density at radius 3 is 2.88 bits per heavy atom. The number of anilines is 1. The van der Waals surface area contributed by atoms with Gasteiger partial charge in [0.25, 0.3) is 10.2 Å². The second-order valence-electron chi connectivity index (χ2n) is 8.98. The van der Waals surface area contributed by atoms with Crippen molar-refractivity contribution in [2.75, 3.05) is 51.3 Å². The molecule has 2 aliphatic heterocycles. The van der Waals surface area contributed by atoms with E-state index in [0.717, 1.165) is 42.5 Å². The van der Waals surface area contributed by atoms with Crippen LogP contribution < -0.4 is 4.90 Å². The van der Waals surface area contributed by atoms with Crippen molar-refractivity contribution in [1.29, 1.82) is 0 Å². The van der Waals surface area contributed by atoms with Crippen molar-refractivity contribution < 1.29 is 18.3 Å². The molecule has 3 fully saturated rings. The minimum atomic E-state index is -3.69. The van der Waals surface area contributed by atoms with Crippen LogP contribution >= 0.6 is 0 Å². The number of hydrogen-bond acceptors (Lipinski definition) is 7. The number of nitrogens with one attached hydrogen (secondary N) is 1. The van der Waals surface area contributed by atoms with Gasteiger partial charge in [0, 0.05) is 52.0 Å². The molecule has 1 atom stereocenters. The molecule has 32 heavy (non-hydrogen) atoms. The molecule has 11 nitrogen and oxygen atoms in total. The monoisotopic (exact) mass is 463 g/mol. The zero-order valence-electron chi connectivity index (χ0n) is 18.1. The van der Waals surface area contributed by atoms with E-state index in [1.165, 1.54) is 10.6 Å². The number of likely N-dealkylation sites (N-methyl/N-ethyl adjacent to an activating group) is 1. The minimum Gasteiger partial charge on any atom is -0.387 e. The predicted molar refractivity (Wildman–Crippen MR) is 118 cm³/mol. The lowest BCUT2D eigenvalue weighted by atomic mass is 10.2. The predicted octanol–water partition coefficient (Wildman–Crippen LogP) is -0.228. The van der Waals surface area contributed by atoms with Crippen LogP contribution in [0, 0.1) is 0 Å². The third-order valence-electron chi connectivity index (χ3n) is 7.02. The summed E-state index contributed by atoms with van der Waals surface area (Å²) in [4.78, 5) is 27.6. The van der Waals surface area contributed by atoms with E-state index in [0.29, 0.717) is 26.2 Å². The molecule has 0 unspecified atom stereocenters. The molecule has 5 rings (SSSR count). The van der Waals surface area contributed by atoms with Gasteiger partial charge in [-0.2, -0.15) is 17.0 Å². The Bertz CT molecular complexity index is 1120. The molecule has 2 aromatic rings. The zero-order chi connectivity index (χ0) is 22.5. The average molecular weight is 464 g/mol. The summed E-state index contributed by atoms with van der Waals surface area (Å²) in [6.45, 7) is 1.77. The summed E-state index contributed by atoms with van der Waals surface area (Å²) >= 11 is 0. The molecule has 2 aromatic heterocycles. The minimum absolute atomic E-state index is 0.200. The number of amides is 1. The van der Waals surface area contributed by atoms with Crippen LogP contribution in [0.2, 0.25) is 0 Å². The van der Waals surface area contributed by atoms with Crippen molar-refractivity contribution in [3.8, 4) is 0 Å². The van der Waals surface area contributed by atoms with Crippen molar-refractivity contribution in [3.05, 3.63) is 18.6 Å². The lowest BCUT2D eigenvalue weighted by molar-refractivity contribution is -0.135. The highest BCUT2D eigenvalue weighted by atomic mass is 32.2. The number of aliphatic hydroxyl groups is 1. The molecule has 2 saturated heterocycles. The van der Waals surface area contributed by atoms with Crippen LogP contribution in [-0.4, -0.2) is 106 Å². The third kappa shape index (κ3) is 3.54. The van der Waals surface area contributed by atoms with E-state index in [4.69, 9.17) is 0 Å². The molecule has 0 bridgehead atoms. The van der Waals surface area contributed by atoms with E-state index < -0.39 is 22.4 Å². The number of carbonyl (C=O) groups is 1. The summed E-state index contributed by atoms with van der Waals surface area (Å²) in [5.41, 5.74) is 0.350. The first-order valence-electron chi connectivity index (χ1n) is 11.0. The first kappa shape index (κ1) is 21.6. The fourth-order valence-electron chi connectivity index (χ4n) is 5.17. The van der Waals surface area contributed by atoms with Crippen molar-refractivity contribution in [2.45, 2.75) is 37.3 Å². The van der Waals surface area contributed by atoms with Gasteiger partial charge in [-0.15, -0.1) is 0 Å². The van der Waals surface area contributed by atoms with Crippen molar-refractivity contribution in [2.24, 2.45) is 0 Å². The number of aromatic nitrogens is 3. The third-order valence-corrected chi connectivity index (χ3v) is 9.08. The molecule has 0 radical (unpaired) electrons. The SMILES string of the molecule is CN(C[C@@H]1CCCN1C(=O)CO)S(=O)(=O)N1CCN(c2ncnc3[nH]ccc23)CC12CC2. The van der Waals surface area contributed by atoms with Gasteiger partial charge in [0.1, 0.15) is 24.4 Å². The summed E-state index contributed by atoms with van der Waals surface area (Å²) in [6, 6.07) is 1.75. The molecule has 1 spiro atoms. The highest BCUT2D eigenvalue weighted by molar-refractivity contribution is 7.86. The number of fused-ring (bicyclic) bond motifs is 1. The summed E-state index contributed by atoms with van der Waals surface area (Å²) in [7, 11) is -2.10. The van der Waals surface area contributed by atoms with Crippen molar-refractivity contribution in [3.63, 3.8) is 0 Å². The highest BCUT2D eigenvalue weighted by Gasteiger charge is 2.57. The van der Waals surface area contributed by atoms with Crippen LogP contribution in [-0.2, 0) is 15.0 Å². The standard InChI is InChI=1S/C20H29N7O4S/c1-24(11-15-3-2-8-26(15)17(29)12-28)32(30,31)27-10-9-25(13-20(27)5-6-20)19-16-4-7-21-18(16)22-14-23-19/h4,7,14-15,28H,2-3,5-6,8-13H2,1H3,(H,21,22,23)/t15-/m0/s1. The second-order valence-corrected chi connectivity index (χ2v) is 10.9. The number of aromatic amines is 1. The average Bonchev–Trinajstić information content (AvgIpc) is 3.18. The van der Waals surface area contributed by atoms with Crippen LogP contribution in [0.3, 0.4) is 0 Å². The first-order valence-corrected chi connectivity index (χ1v) is 12.4. The highest BCUT2D eigenvalue weighted by Crippen LogP contribution is 2.47. The Kier molecular flexibility index (Phi) is 5.35. The number of carbonyl (C=O) groups excluding carboxylic acids is 1. The van der Waals surface area contributed by atoms with Crippen LogP contribution in [0.15, 0.2) is 18.6 Å². The maximum absolute atomic E-state index is 13.5. The van der Waals surface area contributed by atoms with Crippen LogP contribution in [0.1, 0.15) is 25.7 Å². The fourth-order valence-corrected chi connectivity index (χ4v) is 6.91. The Morgan fingerprint density at radius 1 is 1.31 bits per heavy atom. The van der Waals surface area contributed by atoms with E-state index in [2.05, 4.69) is 19.9 Å². The second kappa shape index (κ2) is 7.94. The topological polar surface area (TPSA) is 126 Å². The van der Waals surface area contributed by atoms with E-state index in [9.17, 15) is 18.3 Å². The molecular formula is C20H29N7O4S. The fraction of sp³-hybridized carbons (Fsp3) is 0.650. The zero-order valence-corrected chi connectivity index (χ0v) is 19.0. The van der Waals surface area contributed by atoms with Crippen LogP contribution in [0.5, 0.6) is 0 Å². The quantitative estimate of drug-likeness (QED) is 0.606. The van der Waals surface area contributed by atoms with Crippen molar-refractivity contribution in [1.82, 2.24) is 28.5 Å². The number of piperazine rings is 1. The van der Waals surface area contributed by atoms with E-state index in [1.807, 2.05) is 12.3 Å². The van der Waals surface area contributed by atoms with Crippen LogP contribution in [0.25, 0.3) is 11.0 Å².